The van der Waals surface area contributed by atoms with Crippen LogP contribution in [-0.2, 0) is 17.1 Å². The van der Waals surface area contributed by atoms with Crippen molar-refractivity contribution in [3.63, 3.8) is 0 Å². The lowest BCUT2D eigenvalue weighted by atomic mass is 10.2. The van der Waals surface area contributed by atoms with Gasteiger partial charge in [-0.15, -0.1) is 10.2 Å². The molecule has 1 aliphatic rings. The average Bonchev–Trinajstić information content (AvgIpc) is 3.41. The molecule has 3 aromatic heterocycles. The Morgan fingerprint density at radius 2 is 2.00 bits per heavy atom. The fourth-order valence-corrected chi connectivity index (χ4v) is 6.05. The molecule has 172 valence electrons. The minimum atomic E-state index is -3.61. The smallest absolute Gasteiger partial charge is 0.268 e. The largest absolute Gasteiger partial charge is 0.345 e. The van der Waals surface area contributed by atoms with Gasteiger partial charge in [-0.25, -0.2) is 8.42 Å². The summed E-state index contributed by atoms with van der Waals surface area (Å²) in [7, 11) is -1.92. The van der Waals surface area contributed by atoms with Crippen molar-refractivity contribution in [1.29, 1.82) is 0 Å². The van der Waals surface area contributed by atoms with Gasteiger partial charge in [-0.2, -0.15) is 16.1 Å². The Balaban J connectivity index is 1.59. The molecule has 9 nitrogen and oxygen atoms in total. The van der Waals surface area contributed by atoms with E-state index in [2.05, 4.69) is 15.5 Å². The van der Waals surface area contributed by atoms with Crippen LogP contribution >= 0.6 is 11.8 Å². The number of aromatic nitrogens is 4. The van der Waals surface area contributed by atoms with Crippen LogP contribution in [0.25, 0.3) is 5.65 Å². The van der Waals surface area contributed by atoms with E-state index >= 15 is 0 Å². The molecule has 0 aromatic carbocycles. The Hall–Kier alpha value is -2.37. The molecule has 0 radical (unpaired) electrons. The lowest BCUT2D eigenvalue weighted by molar-refractivity contribution is 0.0925. The van der Waals surface area contributed by atoms with E-state index in [1.165, 1.54) is 16.6 Å². The van der Waals surface area contributed by atoms with Gasteiger partial charge in [-0.1, -0.05) is 12.5 Å². The predicted octanol–water partition coefficient (Wildman–Crippen LogP) is 2.47. The maximum Gasteiger partial charge on any atom is 0.268 e. The van der Waals surface area contributed by atoms with E-state index in [4.69, 9.17) is 0 Å². The molecule has 1 fully saturated rings. The van der Waals surface area contributed by atoms with Crippen molar-refractivity contribution in [2.24, 2.45) is 7.05 Å². The molecule has 1 saturated heterocycles. The summed E-state index contributed by atoms with van der Waals surface area (Å²) in [6.07, 6.45) is 8.84. The number of rotatable bonds is 8. The molecule has 0 bridgehead atoms. The Kier molecular flexibility index (Phi) is 6.87. The van der Waals surface area contributed by atoms with Crippen LogP contribution in [-0.4, -0.2) is 62.9 Å². The summed E-state index contributed by atoms with van der Waals surface area (Å²) in [6.45, 7) is 1.05. The van der Waals surface area contributed by atoms with Crippen LogP contribution in [0, 0.1) is 0 Å². The van der Waals surface area contributed by atoms with Crippen LogP contribution in [0.1, 0.15) is 48.0 Å². The Labute approximate surface area is 192 Å². The Morgan fingerprint density at radius 3 is 2.75 bits per heavy atom. The molecule has 32 heavy (non-hydrogen) atoms. The number of carbonyl (C=O) groups is 1. The van der Waals surface area contributed by atoms with E-state index in [-0.39, 0.29) is 16.8 Å². The number of amides is 1. The van der Waals surface area contributed by atoms with Crippen molar-refractivity contribution >= 4 is 33.3 Å². The van der Waals surface area contributed by atoms with E-state index in [0.717, 1.165) is 25.0 Å². The molecule has 0 saturated carbocycles. The van der Waals surface area contributed by atoms with Crippen molar-refractivity contribution in [2.45, 2.75) is 36.6 Å². The summed E-state index contributed by atoms with van der Waals surface area (Å²) in [5.41, 5.74) is 1.00. The standard InChI is InChI=1S/C21H28N6O3S2/c1-25-15-16(32(29,30)26-10-5-3-6-11-26)14-18(25)21(28)22-17(9-13-31-2)20-24-23-19-8-4-7-12-27(19)20/h4,7-8,12,14-15,17H,3,5-6,9-11,13H2,1-2H3,(H,22,28). The maximum atomic E-state index is 13.2. The molecule has 4 heterocycles. The maximum absolute atomic E-state index is 13.2. The fraction of sp³-hybridized carbons (Fsp3) is 0.476. The first-order valence-corrected chi connectivity index (χ1v) is 13.5. The molecule has 0 aliphatic carbocycles. The first-order chi connectivity index (χ1) is 15.4. The Morgan fingerprint density at radius 1 is 1.22 bits per heavy atom. The number of sulfonamides is 1. The summed E-state index contributed by atoms with van der Waals surface area (Å²) in [5, 5.41) is 11.5. The number of thioether (sulfide) groups is 1. The van der Waals surface area contributed by atoms with Crippen LogP contribution < -0.4 is 5.32 Å². The number of hydrogen-bond acceptors (Lipinski definition) is 6. The number of carbonyl (C=O) groups excluding carboxylic acids is 1. The van der Waals surface area contributed by atoms with E-state index in [9.17, 15) is 13.2 Å². The lowest BCUT2D eigenvalue weighted by Crippen LogP contribution is -2.35. The second-order valence-corrected chi connectivity index (χ2v) is 10.9. The normalized spacial score (nSPS) is 16.3. The number of nitrogens with zero attached hydrogens (tertiary/aromatic N) is 5. The van der Waals surface area contributed by atoms with Gasteiger partial charge < -0.3 is 9.88 Å². The minimum absolute atomic E-state index is 0.153. The zero-order valence-electron chi connectivity index (χ0n) is 18.3. The third-order valence-electron chi connectivity index (χ3n) is 5.73. The first kappa shape index (κ1) is 22.8. The summed E-state index contributed by atoms with van der Waals surface area (Å²) in [5.74, 6) is 1.14. The summed E-state index contributed by atoms with van der Waals surface area (Å²) in [4.78, 5) is 13.3. The van der Waals surface area contributed by atoms with Crippen molar-refractivity contribution in [2.75, 3.05) is 25.1 Å². The molecule has 1 amide bonds. The number of pyridine rings is 1. The zero-order chi connectivity index (χ0) is 22.7. The quantitative estimate of drug-likeness (QED) is 0.536. The van der Waals surface area contributed by atoms with Crippen molar-refractivity contribution in [3.8, 4) is 0 Å². The highest BCUT2D eigenvalue weighted by Crippen LogP contribution is 2.24. The van der Waals surface area contributed by atoms with Crippen molar-refractivity contribution < 1.29 is 13.2 Å². The minimum Gasteiger partial charge on any atom is -0.345 e. The van der Waals surface area contributed by atoms with E-state index < -0.39 is 10.0 Å². The van der Waals surface area contributed by atoms with E-state index in [0.29, 0.717) is 36.7 Å². The molecular formula is C21H28N6O3S2. The number of piperidine rings is 1. The van der Waals surface area contributed by atoms with Gasteiger partial charge >= 0.3 is 0 Å². The van der Waals surface area contributed by atoms with Crippen molar-refractivity contribution in [3.05, 3.63) is 48.2 Å². The molecule has 1 aliphatic heterocycles. The highest BCUT2D eigenvalue weighted by Gasteiger charge is 2.29. The number of nitrogens with one attached hydrogen (secondary N) is 1. The molecule has 0 spiro atoms. The fourth-order valence-electron chi connectivity index (χ4n) is 3.99. The molecule has 3 aromatic rings. The highest BCUT2D eigenvalue weighted by atomic mass is 32.2. The van der Waals surface area contributed by atoms with Crippen LogP contribution in [0.5, 0.6) is 0 Å². The van der Waals surface area contributed by atoms with Gasteiger partial charge in [0, 0.05) is 32.5 Å². The third-order valence-corrected chi connectivity index (χ3v) is 8.24. The van der Waals surface area contributed by atoms with Crippen LogP contribution in [0.4, 0.5) is 0 Å². The molecule has 1 atom stereocenters. The summed E-state index contributed by atoms with van der Waals surface area (Å²) in [6, 6.07) is 6.75. The molecule has 1 N–H and O–H groups in total. The first-order valence-electron chi connectivity index (χ1n) is 10.7. The number of aryl methyl sites for hydroxylation is 1. The number of hydrogen-bond donors (Lipinski definition) is 1. The van der Waals surface area contributed by atoms with Crippen LogP contribution in [0.3, 0.4) is 0 Å². The molecule has 4 rings (SSSR count). The van der Waals surface area contributed by atoms with Gasteiger partial charge in [-0.05, 0) is 49.5 Å². The second kappa shape index (κ2) is 9.63. The number of fused-ring (bicyclic) bond motifs is 1. The molecular weight excluding hydrogens is 448 g/mol. The van der Waals surface area contributed by atoms with Gasteiger partial charge in [0.25, 0.3) is 5.91 Å². The monoisotopic (exact) mass is 476 g/mol. The molecule has 1 unspecified atom stereocenters. The van der Waals surface area contributed by atoms with E-state index in [1.807, 2.05) is 35.1 Å². The third kappa shape index (κ3) is 4.55. The van der Waals surface area contributed by atoms with E-state index in [1.54, 1.807) is 23.4 Å². The lowest BCUT2D eigenvalue weighted by Gasteiger charge is -2.25. The van der Waals surface area contributed by atoms with Gasteiger partial charge in [0.05, 0.1) is 6.04 Å². The van der Waals surface area contributed by atoms with Gasteiger partial charge in [-0.3, -0.25) is 9.20 Å². The zero-order valence-corrected chi connectivity index (χ0v) is 19.9. The van der Waals surface area contributed by atoms with Gasteiger partial charge in [0.15, 0.2) is 11.5 Å². The molecule has 11 heteroatoms. The topological polar surface area (TPSA) is 102 Å². The average molecular weight is 477 g/mol. The SMILES string of the molecule is CSCCC(NC(=O)c1cc(S(=O)(=O)N2CCCCC2)cn1C)c1nnc2ccccn12. The van der Waals surface area contributed by atoms with Crippen LogP contribution in [0.15, 0.2) is 41.6 Å². The van der Waals surface area contributed by atoms with Gasteiger partial charge in [0.1, 0.15) is 10.6 Å². The Bertz CT molecular complexity index is 1200. The van der Waals surface area contributed by atoms with Crippen LogP contribution in [0.2, 0.25) is 0 Å². The van der Waals surface area contributed by atoms with Gasteiger partial charge in [0.2, 0.25) is 10.0 Å². The predicted molar refractivity (Wildman–Crippen MR) is 124 cm³/mol. The summed E-state index contributed by atoms with van der Waals surface area (Å²) >= 11 is 1.68. The summed E-state index contributed by atoms with van der Waals surface area (Å²) < 4.78 is 31.0. The van der Waals surface area contributed by atoms with Crippen molar-refractivity contribution in [1.82, 2.24) is 28.8 Å². The second-order valence-electron chi connectivity index (χ2n) is 7.93. The highest BCUT2D eigenvalue weighted by molar-refractivity contribution is 7.98.